The predicted molar refractivity (Wildman–Crippen MR) is 84.2 cm³/mol. The molecule has 0 bridgehead atoms. The van der Waals surface area contributed by atoms with Gasteiger partial charge in [-0.1, -0.05) is 13.0 Å². The number of aromatic nitrogens is 2. The van der Waals surface area contributed by atoms with Crippen molar-refractivity contribution in [2.24, 2.45) is 5.92 Å². The average Bonchev–Trinajstić information content (AvgIpc) is 3.21. The largest absolute Gasteiger partial charge is 0.454 e. The summed E-state index contributed by atoms with van der Waals surface area (Å²) in [5, 5.41) is 9.86. The Bertz CT molecular complexity index is 657. The molecule has 1 aromatic carbocycles. The molecule has 0 radical (unpaired) electrons. The van der Waals surface area contributed by atoms with Crippen molar-refractivity contribution in [2.45, 2.75) is 20.0 Å². The number of carbonyl (C=O) groups is 1. The summed E-state index contributed by atoms with van der Waals surface area (Å²) in [6.45, 7) is 4.12. The molecule has 0 saturated heterocycles. The molecule has 1 atom stereocenters. The SMILES string of the molecule is C[C@H](CNC(=O)NCc1ccc2c(c1)OCO2)Cn1cccn1. The summed E-state index contributed by atoms with van der Waals surface area (Å²) in [6.07, 6.45) is 3.66. The van der Waals surface area contributed by atoms with E-state index >= 15 is 0 Å². The average molecular weight is 316 g/mol. The van der Waals surface area contributed by atoms with Crippen LogP contribution in [0.5, 0.6) is 11.5 Å². The van der Waals surface area contributed by atoms with Crippen LogP contribution in [0, 0.1) is 5.92 Å². The third kappa shape index (κ3) is 4.15. The molecule has 2 amide bonds. The molecule has 1 aliphatic heterocycles. The summed E-state index contributed by atoms with van der Waals surface area (Å²) < 4.78 is 12.4. The van der Waals surface area contributed by atoms with E-state index in [0.717, 1.165) is 23.6 Å². The smallest absolute Gasteiger partial charge is 0.315 e. The number of nitrogens with one attached hydrogen (secondary N) is 2. The van der Waals surface area contributed by atoms with Crippen molar-refractivity contribution in [1.82, 2.24) is 20.4 Å². The van der Waals surface area contributed by atoms with Gasteiger partial charge in [0.05, 0.1) is 0 Å². The quantitative estimate of drug-likeness (QED) is 0.851. The minimum Gasteiger partial charge on any atom is -0.454 e. The van der Waals surface area contributed by atoms with Crippen LogP contribution in [0.3, 0.4) is 0 Å². The number of carbonyl (C=O) groups excluding carboxylic acids is 1. The van der Waals surface area contributed by atoms with Crippen LogP contribution in [0.4, 0.5) is 4.79 Å². The van der Waals surface area contributed by atoms with Crippen LogP contribution in [-0.4, -0.2) is 29.1 Å². The molecule has 0 aliphatic carbocycles. The fourth-order valence-corrected chi connectivity index (χ4v) is 2.36. The van der Waals surface area contributed by atoms with Crippen LogP contribution < -0.4 is 20.1 Å². The molecule has 1 aliphatic rings. The van der Waals surface area contributed by atoms with Gasteiger partial charge < -0.3 is 20.1 Å². The van der Waals surface area contributed by atoms with Gasteiger partial charge in [0.15, 0.2) is 11.5 Å². The number of amides is 2. The molecule has 0 fully saturated rings. The Morgan fingerprint density at radius 2 is 2.22 bits per heavy atom. The monoisotopic (exact) mass is 316 g/mol. The third-order valence-corrected chi connectivity index (χ3v) is 3.56. The van der Waals surface area contributed by atoms with Crippen molar-refractivity contribution in [3.8, 4) is 11.5 Å². The maximum absolute atomic E-state index is 11.9. The number of hydrogen-bond donors (Lipinski definition) is 2. The van der Waals surface area contributed by atoms with E-state index in [1.165, 1.54) is 0 Å². The summed E-state index contributed by atoms with van der Waals surface area (Å²) in [7, 11) is 0. The van der Waals surface area contributed by atoms with Crippen molar-refractivity contribution in [3.63, 3.8) is 0 Å². The zero-order chi connectivity index (χ0) is 16.1. The molecule has 3 rings (SSSR count). The van der Waals surface area contributed by atoms with E-state index in [-0.39, 0.29) is 12.8 Å². The molecule has 2 heterocycles. The van der Waals surface area contributed by atoms with E-state index in [1.807, 2.05) is 35.1 Å². The number of hydrogen-bond acceptors (Lipinski definition) is 4. The van der Waals surface area contributed by atoms with Crippen LogP contribution in [0.25, 0.3) is 0 Å². The van der Waals surface area contributed by atoms with Crippen molar-refractivity contribution < 1.29 is 14.3 Å². The van der Waals surface area contributed by atoms with Gasteiger partial charge in [0, 0.05) is 32.0 Å². The van der Waals surface area contributed by atoms with E-state index in [0.29, 0.717) is 19.0 Å². The predicted octanol–water partition coefficient (Wildman–Crippen LogP) is 1.75. The van der Waals surface area contributed by atoms with Crippen molar-refractivity contribution >= 4 is 6.03 Å². The van der Waals surface area contributed by atoms with Crippen molar-refractivity contribution in [2.75, 3.05) is 13.3 Å². The molecular formula is C16H20N4O3. The van der Waals surface area contributed by atoms with Gasteiger partial charge in [0.2, 0.25) is 6.79 Å². The first kappa shape index (κ1) is 15.2. The Kier molecular flexibility index (Phi) is 4.65. The molecule has 0 saturated carbocycles. The summed E-state index contributed by atoms with van der Waals surface area (Å²) in [5.41, 5.74) is 0.967. The number of nitrogens with zero attached hydrogens (tertiary/aromatic N) is 2. The van der Waals surface area contributed by atoms with E-state index < -0.39 is 0 Å². The van der Waals surface area contributed by atoms with Crippen molar-refractivity contribution in [1.29, 1.82) is 0 Å². The first-order valence-corrected chi connectivity index (χ1v) is 7.58. The highest BCUT2D eigenvalue weighted by Gasteiger charge is 2.13. The fourth-order valence-electron chi connectivity index (χ4n) is 2.36. The molecule has 2 N–H and O–H groups in total. The number of ether oxygens (including phenoxy) is 2. The summed E-state index contributed by atoms with van der Waals surface area (Å²) in [5.74, 6) is 1.76. The Balaban J connectivity index is 1.39. The standard InChI is InChI=1S/C16H20N4O3/c1-12(10-20-6-2-5-19-20)8-17-16(21)18-9-13-3-4-14-15(7-13)23-11-22-14/h2-7,12H,8-11H2,1H3,(H2,17,18,21)/t12-/m1/s1. The van der Waals surface area contributed by atoms with E-state index in [2.05, 4.69) is 22.7 Å². The highest BCUT2D eigenvalue weighted by molar-refractivity contribution is 5.73. The molecule has 7 nitrogen and oxygen atoms in total. The minimum atomic E-state index is -0.185. The van der Waals surface area contributed by atoms with Gasteiger partial charge in [0.25, 0.3) is 0 Å². The summed E-state index contributed by atoms with van der Waals surface area (Å²) in [4.78, 5) is 11.9. The van der Waals surface area contributed by atoms with Crippen LogP contribution >= 0.6 is 0 Å². The van der Waals surface area contributed by atoms with E-state index in [4.69, 9.17) is 9.47 Å². The van der Waals surface area contributed by atoms with Gasteiger partial charge in [-0.25, -0.2) is 4.79 Å². The Labute approximate surface area is 134 Å². The first-order chi connectivity index (χ1) is 11.2. The van der Waals surface area contributed by atoms with Gasteiger partial charge in [-0.05, 0) is 29.7 Å². The number of urea groups is 1. The second kappa shape index (κ2) is 7.04. The molecule has 23 heavy (non-hydrogen) atoms. The van der Waals surface area contributed by atoms with Gasteiger partial charge in [0.1, 0.15) is 0 Å². The molecular weight excluding hydrogens is 296 g/mol. The first-order valence-electron chi connectivity index (χ1n) is 7.58. The summed E-state index contributed by atoms with van der Waals surface area (Å²) >= 11 is 0. The zero-order valence-electron chi connectivity index (χ0n) is 13.0. The second-order valence-electron chi connectivity index (χ2n) is 5.58. The lowest BCUT2D eigenvalue weighted by atomic mass is 10.2. The highest BCUT2D eigenvalue weighted by Crippen LogP contribution is 2.32. The second-order valence-corrected chi connectivity index (χ2v) is 5.58. The van der Waals surface area contributed by atoms with Crippen LogP contribution in [0.1, 0.15) is 12.5 Å². The minimum absolute atomic E-state index is 0.185. The molecule has 2 aromatic rings. The number of rotatable bonds is 6. The lowest BCUT2D eigenvalue weighted by molar-refractivity contribution is 0.174. The zero-order valence-corrected chi connectivity index (χ0v) is 13.0. The van der Waals surface area contributed by atoms with E-state index in [1.54, 1.807) is 6.20 Å². The normalized spacial score (nSPS) is 13.6. The van der Waals surface area contributed by atoms with Gasteiger partial charge in [-0.2, -0.15) is 5.10 Å². The van der Waals surface area contributed by atoms with Crippen molar-refractivity contribution in [3.05, 3.63) is 42.2 Å². The third-order valence-electron chi connectivity index (χ3n) is 3.56. The van der Waals surface area contributed by atoms with Crippen LogP contribution in [0.2, 0.25) is 0 Å². The Morgan fingerprint density at radius 3 is 3.04 bits per heavy atom. The maximum atomic E-state index is 11.9. The summed E-state index contributed by atoms with van der Waals surface area (Å²) in [6, 6.07) is 7.34. The number of fused-ring (bicyclic) bond motifs is 1. The molecule has 0 unspecified atom stereocenters. The molecule has 1 aromatic heterocycles. The lowest BCUT2D eigenvalue weighted by Gasteiger charge is -2.13. The van der Waals surface area contributed by atoms with Crippen LogP contribution in [0.15, 0.2) is 36.7 Å². The number of benzene rings is 1. The molecule has 0 spiro atoms. The highest BCUT2D eigenvalue weighted by atomic mass is 16.7. The molecule has 122 valence electrons. The van der Waals surface area contributed by atoms with Gasteiger partial charge in [-0.3, -0.25) is 4.68 Å². The maximum Gasteiger partial charge on any atom is 0.315 e. The van der Waals surface area contributed by atoms with Gasteiger partial charge >= 0.3 is 6.03 Å². The topological polar surface area (TPSA) is 77.4 Å². The Morgan fingerprint density at radius 1 is 1.35 bits per heavy atom. The Hall–Kier alpha value is -2.70. The van der Waals surface area contributed by atoms with E-state index in [9.17, 15) is 4.79 Å². The lowest BCUT2D eigenvalue weighted by Crippen LogP contribution is -2.38. The van der Waals surface area contributed by atoms with Gasteiger partial charge in [-0.15, -0.1) is 0 Å². The molecule has 7 heteroatoms. The van der Waals surface area contributed by atoms with Crippen LogP contribution in [-0.2, 0) is 13.1 Å². The fraction of sp³-hybridized carbons (Fsp3) is 0.375.